The van der Waals surface area contributed by atoms with Gasteiger partial charge in [0.2, 0.25) is 11.8 Å². The summed E-state index contributed by atoms with van der Waals surface area (Å²) in [5.74, 6) is 0.628. The van der Waals surface area contributed by atoms with Crippen LogP contribution in [0.1, 0.15) is 26.7 Å². The Morgan fingerprint density at radius 2 is 1.37 bits per heavy atom. The van der Waals surface area contributed by atoms with Crippen molar-refractivity contribution in [1.82, 2.24) is 10.6 Å². The van der Waals surface area contributed by atoms with Crippen molar-refractivity contribution in [2.75, 3.05) is 24.9 Å². The number of carbonyl (C=O) groups excluding carboxylic acids is 2. The van der Waals surface area contributed by atoms with E-state index in [9.17, 15) is 9.59 Å². The summed E-state index contributed by atoms with van der Waals surface area (Å²) in [7, 11) is 3.13. The summed E-state index contributed by atoms with van der Waals surface area (Å²) in [6, 6.07) is 14.6. The molecule has 0 unspecified atom stereocenters. The number of thiocarbonyl (C=S) groups is 2. The van der Waals surface area contributed by atoms with E-state index in [1.165, 1.54) is 0 Å². The minimum Gasteiger partial charge on any atom is -0.495 e. The van der Waals surface area contributed by atoms with Crippen molar-refractivity contribution in [3.05, 3.63) is 48.5 Å². The van der Waals surface area contributed by atoms with E-state index in [1.807, 2.05) is 50.2 Å². The average Bonchev–Trinajstić information content (AvgIpc) is 2.81. The lowest BCUT2D eigenvalue weighted by atomic mass is 9.53. The first-order chi connectivity index (χ1) is 16.6. The Balaban J connectivity index is 1.48. The van der Waals surface area contributed by atoms with E-state index in [-0.39, 0.29) is 45.7 Å². The van der Waals surface area contributed by atoms with Gasteiger partial charge in [0.25, 0.3) is 0 Å². The molecular weight excluding hydrogens is 484 g/mol. The van der Waals surface area contributed by atoms with Crippen LogP contribution in [0.25, 0.3) is 0 Å². The number of carbonyl (C=O) groups is 2. The molecule has 8 nitrogen and oxygen atoms in total. The molecule has 35 heavy (non-hydrogen) atoms. The van der Waals surface area contributed by atoms with Crippen LogP contribution in [0.4, 0.5) is 11.4 Å². The summed E-state index contributed by atoms with van der Waals surface area (Å²) in [5, 5.41) is 11.8. The molecular formula is C25H30N4O4S2. The molecule has 10 heteroatoms. The van der Waals surface area contributed by atoms with Gasteiger partial charge in [-0.05, 0) is 66.5 Å². The average molecular weight is 515 g/mol. The molecule has 2 atom stereocenters. The molecule has 0 bridgehead atoms. The van der Waals surface area contributed by atoms with Crippen molar-refractivity contribution >= 4 is 57.8 Å². The maximum absolute atomic E-state index is 12.9. The number of anilines is 2. The highest BCUT2D eigenvalue weighted by Gasteiger charge is 2.52. The lowest BCUT2D eigenvalue weighted by Gasteiger charge is -2.51. The molecule has 0 heterocycles. The summed E-state index contributed by atoms with van der Waals surface area (Å²) in [4.78, 5) is 25.4. The van der Waals surface area contributed by atoms with Crippen LogP contribution in [-0.2, 0) is 9.59 Å². The highest BCUT2D eigenvalue weighted by atomic mass is 32.1. The van der Waals surface area contributed by atoms with Gasteiger partial charge in [0.05, 0.1) is 25.6 Å². The number of ether oxygens (including phenoxy) is 2. The quantitative estimate of drug-likeness (QED) is 0.410. The van der Waals surface area contributed by atoms with Gasteiger partial charge in [0, 0.05) is 12.3 Å². The Hall–Kier alpha value is -3.24. The van der Waals surface area contributed by atoms with Gasteiger partial charge in [-0.1, -0.05) is 38.1 Å². The zero-order chi connectivity index (χ0) is 25.6. The lowest BCUT2D eigenvalue weighted by Crippen LogP contribution is -2.55. The van der Waals surface area contributed by atoms with Gasteiger partial charge >= 0.3 is 0 Å². The fourth-order valence-corrected chi connectivity index (χ4v) is 4.65. The van der Waals surface area contributed by atoms with Crippen LogP contribution in [-0.4, -0.2) is 36.3 Å². The summed E-state index contributed by atoms with van der Waals surface area (Å²) >= 11 is 10.6. The number of hydrogen-bond donors (Lipinski definition) is 4. The Kier molecular flexibility index (Phi) is 8.63. The highest BCUT2D eigenvalue weighted by Crippen LogP contribution is 2.52. The zero-order valence-electron chi connectivity index (χ0n) is 20.1. The Morgan fingerprint density at radius 3 is 1.86 bits per heavy atom. The van der Waals surface area contributed by atoms with Crippen LogP contribution in [0, 0.1) is 17.3 Å². The van der Waals surface area contributed by atoms with E-state index < -0.39 is 0 Å². The van der Waals surface area contributed by atoms with Gasteiger partial charge in [0.1, 0.15) is 11.5 Å². The van der Waals surface area contributed by atoms with Crippen molar-refractivity contribution in [3.8, 4) is 11.5 Å². The van der Waals surface area contributed by atoms with Crippen LogP contribution >= 0.6 is 24.4 Å². The normalized spacial score (nSPS) is 17.8. The van der Waals surface area contributed by atoms with Crippen molar-refractivity contribution < 1.29 is 19.1 Å². The van der Waals surface area contributed by atoms with Crippen molar-refractivity contribution in [2.45, 2.75) is 26.7 Å². The molecule has 0 radical (unpaired) electrons. The van der Waals surface area contributed by atoms with Gasteiger partial charge in [-0.15, -0.1) is 0 Å². The molecule has 1 aliphatic rings. The molecule has 0 spiro atoms. The minimum atomic E-state index is -0.376. The Morgan fingerprint density at radius 1 is 0.886 bits per heavy atom. The van der Waals surface area contributed by atoms with E-state index in [0.717, 1.165) is 0 Å². The molecule has 1 saturated carbocycles. The largest absolute Gasteiger partial charge is 0.495 e. The van der Waals surface area contributed by atoms with Gasteiger partial charge in [-0.3, -0.25) is 9.59 Å². The van der Waals surface area contributed by atoms with Crippen LogP contribution in [0.2, 0.25) is 0 Å². The number of amides is 2. The molecule has 3 rings (SSSR count). The fourth-order valence-electron chi connectivity index (χ4n) is 4.21. The predicted octanol–water partition coefficient (Wildman–Crippen LogP) is 4.08. The van der Waals surface area contributed by atoms with Crippen LogP contribution < -0.4 is 30.7 Å². The predicted molar refractivity (Wildman–Crippen MR) is 145 cm³/mol. The first-order valence-corrected chi connectivity index (χ1v) is 12.0. The highest BCUT2D eigenvalue weighted by molar-refractivity contribution is 7.80. The van der Waals surface area contributed by atoms with Crippen molar-refractivity contribution in [3.63, 3.8) is 0 Å². The maximum atomic E-state index is 12.9. The first-order valence-electron chi connectivity index (χ1n) is 11.1. The smallest absolute Gasteiger partial charge is 0.229 e. The minimum absolute atomic E-state index is 0.0306. The SMILES string of the molecule is COc1ccccc1NC(=S)NC(=O)C[C@H]1C[C@H](C(=O)NC(=S)Nc2ccccc2OC)C1(C)C. The Bertz CT molecular complexity index is 1120. The number of hydrogen-bond acceptors (Lipinski definition) is 6. The molecule has 1 fully saturated rings. The molecule has 0 aliphatic heterocycles. The van der Waals surface area contributed by atoms with Crippen molar-refractivity contribution in [2.24, 2.45) is 17.3 Å². The molecule has 2 amide bonds. The molecule has 2 aromatic rings. The summed E-state index contributed by atoms with van der Waals surface area (Å²) < 4.78 is 10.6. The summed E-state index contributed by atoms with van der Waals surface area (Å²) in [5.41, 5.74) is 0.957. The van der Waals surface area contributed by atoms with Crippen LogP contribution in [0.3, 0.4) is 0 Å². The number of methoxy groups -OCH3 is 2. The first kappa shape index (κ1) is 26.4. The standard InChI is InChI=1S/C25H30N4O4S2/c1-25(2)15(14-21(30)28-23(34)26-17-9-5-7-11-19(17)32-3)13-16(25)22(31)29-24(35)27-18-10-6-8-12-20(18)33-4/h5-12,15-16H,13-14H2,1-4H3,(H2,26,28,30,34)(H2,27,29,31,35)/t15-,16-/m1/s1. The maximum Gasteiger partial charge on any atom is 0.229 e. The number of benzene rings is 2. The number of nitrogens with one attached hydrogen (secondary N) is 4. The monoisotopic (exact) mass is 514 g/mol. The fraction of sp³-hybridized carbons (Fsp3) is 0.360. The van der Waals surface area contributed by atoms with Gasteiger partial charge in [-0.25, -0.2) is 0 Å². The van der Waals surface area contributed by atoms with E-state index in [0.29, 0.717) is 29.3 Å². The van der Waals surface area contributed by atoms with Crippen LogP contribution in [0.5, 0.6) is 11.5 Å². The Labute approximate surface area is 216 Å². The summed E-state index contributed by atoms with van der Waals surface area (Å²) in [6.07, 6.45) is 0.838. The van der Waals surface area contributed by atoms with E-state index in [1.54, 1.807) is 26.4 Å². The number of rotatable bonds is 7. The molecule has 1 aliphatic carbocycles. The third-order valence-electron chi connectivity index (χ3n) is 6.42. The molecule has 2 aromatic carbocycles. The third kappa shape index (κ3) is 6.46. The molecule has 4 N–H and O–H groups in total. The third-order valence-corrected chi connectivity index (χ3v) is 6.83. The van der Waals surface area contributed by atoms with Gasteiger partial charge < -0.3 is 30.7 Å². The molecule has 0 aromatic heterocycles. The van der Waals surface area contributed by atoms with E-state index in [2.05, 4.69) is 21.3 Å². The second-order valence-corrected chi connectivity index (χ2v) is 9.67. The zero-order valence-corrected chi connectivity index (χ0v) is 21.8. The second kappa shape index (κ2) is 11.5. The number of para-hydroxylation sites is 4. The second-order valence-electron chi connectivity index (χ2n) is 8.86. The molecule has 186 valence electrons. The van der Waals surface area contributed by atoms with Gasteiger partial charge in [-0.2, -0.15) is 0 Å². The van der Waals surface area contributed by atoms with Gasteiger partial charge in [0.15, 0.2) is 10.2 Å². The summed E-state index contributed by atoms with van der Waals surface area (Å²) in [6.45, 7) is 3.97. The van der Waals surface area contributed by atoms with Crippen molar-refractivity contribution in [1.29, 1.82) is 0 Å². The van der Waals surface area contributed by atoms with Crippen LogP contribution in [0.15, 0.2) is 48.5 Å². The topological polar surface area (TPSA) is 101 Å². The van der Waals surface area contributed by atoms with E-state index in [4.69, 9.17) is 33.9 Å². The molecule has 0 saturated heterocycles. The van der Waals surface area contributed by atoms with E-state index >= 15 is 0 Å². The lowest BCUT2D eigenvalue weighted by molar-refractivity contribution is -0.143.